The molecule has 0 amide bonds. The first-order chi connectivity index (χ1) is 14.6. The lowest BCUT2D eigenvalue weighted by atomic mass is 9.87. The molecule has 0 spiro atoms. The van der Waals surface area contributed by atoms with Crippen molar-refractivity contribution >= 4 is 29.1 Å². The molecule has 2 aromatic heterocycles. The van der Waals surface area contributed by atoms with E-state index in [1.807, 2.05) is 11.3 Å². The summed E-state index contributed by atoms with van der Waals surface area (Å²) in [6.45, 7) is 7.52. The highest BCUT2D eigenvalue weighted by molar-refractivity contribution is 7.53. The van der Waals surface area contributed by atoms with Crippen LogP contribution in [0.25, 0.3) is 21.3 Å². The van der Waals surface area contributed by atoms with E-state index in [1.165, 1.54) is 50.9 Å². The van der Waals surface area contributed by atoms with Crippen LogP contribution in [0.1, 0.15) is 66.8 Å². The van der Waals surface area contributed by atoms with Gasteiger partial charge in [0.15, 0.2) is 0 Å². The van der Waals surface area contributed by atoms with Crippen LogP contribution in [-0.2, 0) is 23.8 Å². The van der Waals surface area contributed by atoms with E-state index in [-0.39, 0.29) is 0 Å². The monoisotopic (exact) mass is 457 g/mol. The van der Waals surface area contributed by atoms with Crippen LogP contribution in [0, 0.1) is 13.8 Å². The van der Waals surface area contributed by atoms with Gasteiger partial charge in [-0.05, 0) is 94.9 Å². The van der Waals surface area contributed by atoms with Gasteiger partial charge in [-0.1, -0.05) is 29.8 Å². The maximum atomic E-state index is 11.9. The van der Waals surface area contributed by atoms with Crippen molar-refractivity contribution in [2.45, 2.75) is 77.8 Å². The number of hydrogen-bond donors (Lipinski definition) is 2. The lowest BCUT2D eigenvalue weighted by Crippen LogP contribution is -2.20. The van der Waals surface area contributed by atoms with Gasteiger partial charge in [-0.15, -0.1) is 11.3 Å². The molecule has 1 aliphatic carbocycles. The van der Waals surface area contributed by atoms with Gasteiger partial charge in [-0.2, -0.15) is 0 Å². The highest BCUT2D eigenvalue weighted by Crippen LogP contribution is 2.52. The Morgan fingerprint density at radius 2 is 1.77 bits per heavy atom. The van der Waals surface area contributed by atoms with Crippen molar-refractivity contribution < 1.29 is 14.4 Å². The average Bonchev–Trinajstić information content (AvgIpc) is 3.06. The minimum absolute atomic E-state index is 0.476. The van der Waals surface area contributed by atoms with Crippen molar-refractivity contribution in [3.63, 3.8) is 0 Å². The van der Waals surface area contributed by atoms with Crippen LogP contribution in [0.15, 0.2) is 24.3 Å². The predicted octanol–water partition coefficient (Wildman–Crippen LogP) is 6.74. The second-order valence-electron chi connectivity index (χ2n) is 9.52. The Morgan fingerprint density at radius 3 is 2.45 bits per heavy atom. The predicted molar refractivity (Wildman–Crippen MR) is 130 cm³/mol. The van der Waals surface area contributed by atoms with E-state index >= 15 is 0 Å². The zero-order valence-corrected chi connectivity index (χ0v) is 20.6. The van der Waals surface area contributed by atoms with E-state index in [0.717, 1.165) is 36.2 Å². The Kier molecular flexibility index (Phi) is 6.17. The van der Waals surface area contributed by atoms with E-state index in [0.29, 0.717) is 6.42 Å². The summed E-state index contributed by atoms with van der Waals surface area (Å²) in [6.07, 6.45) is 6.71. The van der Waals surface area contributed by atoms with Crippen molar-refractivity contribution in [2.75, 3.05) is 0 Å². The van der Waals surface area contributed by atoms with Gasteiger partial charge in [0.05, 0.1) is 5.16 Å². The first-order valence-corrected chi connectivity index (χ1v) is 13.6. The van der Waals surface area contributed by atoms with Gasteiger partial charge in [0.2, 0.25) is 0 Å². The van der Waals surface area contributed by atoms with Crippen molar-refractivity contribution in [1.82, 2.24) is 4.98 Å². The third kappa shape index (κ3) is 4.39. The summed E-state index contributed by atoms with van der Waals surface area (Å²) in [4.78, 5) is 27.0. The third-order valence-electron chi connectivity index (χ3n) is 6.75. The van der Waals surface area contributed by atoms with Crippen LogP contribution in [0.3, 0.4) is 0 Å². The van der Waals surface area contributed by atoms with Crippen LogP contribution in [0.2, 0.25) is 0 Å². The second-order valence-corrected chi connectivity index (χ2v) is 12.9. The Labute approximate surface area is 188 Å². The van der Waals surface area contributed by atoms with E-state index in [2.05, 4.69) is 38.1 Å². The lowest BCUT2D eigenvalue weighted by molar-refractivity contribution is 0.328. The minimum Gasteiger partial charge on any atom is -0.324 e. The number of rotatable bonds is 6. The number of aryl methyl sites for hydroxylation is 4. The van der Waals surface area contributed by atoms with Crippen molar-refractivity contribution in [1.29, 1.82) is 0 Å². The van der Waals surface area contributed by atoms with E-state index in [1.54, 1.807) is 13.8 Å². The van der Waals surface area contributed by atoms with E-state index in [9.17, 15) is 14.4 Å². The van der Waals surface area contributed by atoms with Crippen molar-refractivity contribution in [3.8, 4) is 11.1 Å². The van der Waals surface area contributed by atoms with Gasteiger partial charge in [0.25, 0.3) is 0 Å². The van der Waals surface area contributed by atoms with Gasteiger partial charge in [-0.3, -0.25) is 4.57 Å². The first-order valence-electron chi connectivity index (χ1n) is 11.1. The fourth-order valence-corrected chi connectivity index (χ4v) is 6.39. The quantitative estimate of drug-likeness (QED) is 0.402. The molecule has 0 saturated heterocycles. The molecule has 0 radical (unpaired) electrons. The number of hydrogen-bond acceptors (Lipinski definition) is 3. The van der Waals surface area contributed by atoms with Crippen LogP contribution in [0.5, 0.6) is 0 Å². The summed E-state index contributed by atoms with van der Waals surface area (Å²) in [5, 5.41) is 0.308. The maximum absolute atomic E-state index is 11.9. The van der Waals surface area contributed by atoms with Crippen molar-refractivity contribution in [3.05, 3.63) is 51.5 Å². The number of nitrogens with zero attached hydrogens (tertiary/aromatic N) is 1. The number of fused-ring (bicyclic) bond motifs is 3. The number of benzene rings is 1. The molecule has 0 fully saturated rings. The molecule has 0 unspecified atom stereocenters. The molecule has 0 saturated carbocycles. The molecule has 0 bridgehead atoms. The number of aromatic nitrogens is 1. The second kappa shape index (κ2) is 8.44. The number of thiophene rings is 1. The van der Waals surface area contributed by atoms with Crippen LogP contribution in [-0.4, -0.2) is 19.9 Å². The summed E-state index contributed by atoms with van der Waals surface area (Å²) >= 11 is 1.85. The van der Waals surface area contributed by atoms with Gasteiger partial charge in [0, 0.05) is 16.0 Å². The molecule has 4 rings (SSSR count). The molecular weight excluding hydrogens is 425 g/mol. The zero-order chi connectivity index (χ0) is 22.4. The largest absolute Gasteiger partial charge is 0.331 e. The smallest absolute Gasteiger partial charge is 0.324 e. The Morgan fingerprint density at radius 1 is 1.10 bits per heavy atom. The number of pyridine rings is 1. The summed E-state index contributed by atoms with van der Waals surface area (Å²) in [6, 6.07) is 8.74. The Balaban J connectivity index is 1.82. The molecule has 1 aliphatic rings. The van der Waals surface area contributed by atoms with E-state index < -0.39 is 12.8 Å². The molecule has 2 N–H and O–H groups in total. The highest BCUT2D eigenvalue weighted by atomic mass is 32.1. The molecular formula is C25H32NO3PS. The summed E-state index contributed by atoms with van der Waals surface area (Å²) < 4.78 is 11.9. The zero-order valence-electron chi connectivity index (χ0n) is 18.9. The summed E-state index contributed by atoms with van der Waals surface area (Å²) in [5.74, 6) is 0. The molecule has 1 aromatic carbocycles. The molecule has 0 atom stereocenters. The fraction of sp³-hybridized carbons (Fsp3) is 0.480. The van der Waals surface area contributed by atoms with Crippen LogP contribution >= 0.6 is 18.9 Å². The lowest BCUT2D eigenvalue weighted by Gasteiger charge is -2.26. The molecule has 3 aromatic rings. The first kappa shape index (κ1) is 22.7. The van der Waals surface area contributed by atoms with Crippen molar-refractivity contribution in [2.24, 2.45) is 0 Å². The summed E-state index contributed by atoms with van der Waals surface area (Å²) in [5.41, 5.74) is 7.49. The van der Waals surface area contributed by atoms with Crippen LogP contribution in [0.4, 0.5) is 0 Å². The molecule has 166 valence electrons. The minimum atomic E-state index is -4.14. The Bertz CT molecular complexity index is 1160. The van der Waals surface area contributed by atoms with Crippen LogP contribution < -0.4 is 0 Å². The molecule has 6 heteroatoms. The van der Waals surface area contributed by atoms with Gasteiger partial charge >= 0.3 is 7.60 Å². The standard InChI is InChI=1S/C25H32NO3PS/c1-16-11-13-18(14-12-16)22-19(9-7-15-25(3,4)30(27,28)29)17(2)26-24-23(22)20-8-5-6-10-21(20)31-24/h11-14H,5-10,15H2,1-4H3,(H2,27,28,29). The molecule has 31 heavy (non-hydrogen) atoms. The van der Waals surface area contributed by atoms with Gasteiger partial charge in [0.1, 0.15) is 4.83 Å². The SMILES string of the molecule is Cc1ccc(-c2c(CCCC(C)(C)P(=O)(O)O)c(C)nc3sc4c(c23)CCCC4)cc1. The van der Waals surface area contributed by atoms with Gasteiger partial charge in [-0.25, -0.2) is 4.98 Å². The average molecular weight is 458 g/mol. The van der Waals surface area contributed by atoms with Gasteiger partial charge < -0.3 is 9.79 Å². The maximum Gasteiger partial charge on any atom is 0.331 e. The Hall–Kier alpha value is -1.52. The molecule has 0 aliphatic heterocycles. The topological polar surface area (TPSA) is 70.4 Å². The normalized spacial score (nSPS) is 14.8. The fourth-order valence-electron chi connectivity index (χ4n) is 4.63. The highest BCUT2D eigenvalue weighted by Gasteiger charge is 2.37. The molecule has 2 heterocycles. The third-order valence-corrected chi connectivity index (χ3v) is 9.74. The summed E-state index contributed by atoms with van der Waals surface area (Å²) in [7, 11) is -4.14. The molecule has 4 nitrogen and oxygen atoms in total. The van der Waals surface area contributed by atoms with E-state index in [4.69, 9.17) is 4.98 Å².